The van der Waals surface area contributed by atoms with E-state index in [2.05, 4.69) is 23.6 Å². The first-order chi connectivity index (χ1) is 8.65. The summed E-state index contributed by atoms with van der Waals surface area (Å²) in [5.41, 5.74) is 0.980. The first-order valence-electron chi connectivity index (χ1n) is 6.34. The SMILES string of the molecule is CCN1CCN(c2ccc(C#N)c(F)c2)CC1C. The zero-order chi connectivity index (χ0) is 13.1. The Morgan fingerprint density at radius 1 is 1.44 bits per heavy atom. The fraction of sp³-hybridized carbons (Fsp3) is 0.500. The zero-order valence-corrected chi connectivity index (χ0v) is 10.9. The van der Waals surface area contributed by atoms with Crippen molar-refractivity contribution >= 4 is 5.69 Å². The number of likely N-dealkylation sites (N-methyl/N-ethyl adjacent to an activating group) is 1. The molecule has 0 spiro atoms. The molecule has 18 heavy (non-hydrogen) atoms. The fourth-order valence-electron chi connectivity index (χ4n) is 2.49. The molecule has 0 aromatic heterocycles. The Labute approximate surface area is 107 Å². The van der Waals surface area contributed by atoms with Gasteiger partial charge in [0, 0.05) is 31.4 Å². The Bertz CT molecular complexity index is 467. The third kappa shape index (κ3) is 2.46. The van der Waals surface area contributed by atoms with Crippen LogP contribution in [0.5, 0.6) is 0 Å². The average molecular weight is 247 g/mol. The predicted octanol–water partition coefficient (Wildman–Crippen LogP) is 2.23. The van der Waals surface area contributed by atoms with E-state index in [0.29, 0.717) is 6.04 Å². The van der Waals surface area contributed by atoms with Gasteiger partial charge in [0.2, 0.25) is 0 Å². The largest absolute Gasteiger partial charge is 0.369 e. The number of nitriles is 1. The van der Waals surface area contributed by atoms with Crippen molar-refractivity contribution in [3.05, 3.63) is 29.6 Å². The summed E-state index contributed by atoms with van der Waals surface area (Å²) in [5, 5.41) is 8.72. The summed E-state index contributed by atoms with van der Waals surface area (Å²) >= 11 is 0. The van der Waals surface area contributed by atoms with E-state index in [4.69, 9.17) is 5.26 Å². The number of benzene rings is 1. The van der Waals surface area contributed by atoms with E-state index in [1.165, 1.54) is 6.07 Å². The van der Waals surface area contributed by atoms with E-state index in [1.54, 1.807) is 6.07 Å². The van der Waals surface area contributed by atoms with Gasteiger partial charge in [-0.15, -0.1) is 0 Å². The van der Waals surface area contributed by atoms with Gasteiger partial charge in [-0.25, -0.2) is 4.39 Å². The van der Waals surface area contributed by atoms with E-state index in [0.717, 1.165) is 31.9 Å². The minimum atomic E-state index is -0.430. The molecule has 0 bridgehead atoms. The lowest BCUT2D eigenvalue weighted by molar-refractivity contribution is 0.199. The second-order valence-corrected chi connectivity index (χ2v) is 4.70. The first kappa shape index (κ1) is 12.8. The topological polar surface area (TPSA) is 30.3 Å². The summed E-state index contributed by atoms with van der Waals surface area (Å²) in [6, 6.07) is 7.17. The summed E-state index contributed by atoms with van der Waals surface area (Å²) in [4.78, 5) is 4.59. The molecule has 0 N–H and O–H groups in total. The zero-order valence-electron chi connectivity index (χ0n) is 10.9. The second kappa shape index (κ2) is 5.36. The van der Waals surface area contributed by atoms with Crippen molar-refractivity contribution in [1.82, 2.24) is 4.90 Å². The highest BCUT2D eigenvalue weighted by Crippen LogP contribution is 2.21. The molecule has 0 radical (unpaired) electrons. The maximum Gasteiger partial charge on any atom is 0.143 e. The van der Waals surface area contributed by atoms with Crippen LogP contribution in [0.15, 0.2) is 18.2 Å². The molecule has 1 saturated heterocycles. The summed E-state index contributed by atoms with van der Waals surface area (Å²) in [6.45, 7) is 8.21. The quantitative estimate of drug-likeness (QED) is 0.803. The standard InChI is InChI=1S/C14H18FN3/c1-3-17-6-7-18(10-11(17)2)13-5-4-12(9-16)14(15)8-13/h4-5,8,11H,3,6-7,10H2,1-2H3. The Morgan fingerprint density at radius 3 is 2.78 bits per heavy atom. The Kier molecular flexibility index (Phi) is 3.83. The lowest BCUT2D eigenvalue weighted by Gasteiger charge is -2.40. The Hall–Kier alpha value is -1.60. The number of halogens is 1. The predicted molar refractivity (Wildman–Crippen MR) is 70.0 cm³/mol. The van der Waals surface area contributed by atoms with Crippen molar-refractivity contribution < 1.29 is 4.39 Å². The smallest absolute Gasteiger partial charge is 0.143 e. The molecule has 2 rings (SSSR count). The van der Waals surface area contributed by atoms with Crippen LogP contribution in [0.3, 0.4) is 0 Å². The van der Waals surface area contributed by atoms with Crippen molar-refractivity contribution in [3.63, 3.8) is 0 Å². The van der Waals surface area contributed by atoms with E-state index in [9.17, 15) is 4.39 Å². The molecule has 1 aromatic carbocycles. The molecular weight excluding hydrogens is 229 g/mol. The average Bonchev–Trinajstić information content (AvgIpc) is 2.38. The summed E-state index contributed by atoms with van der Waals surface area (Å²) in [6.07, 6.45) is 0. The van der Waals surface area contributed by atoms with Gasteiger partial charge in [-0.2, -0.15) is 5.26 Å². The molecule has 0 saturated carbocycles. The third-order valence-electron chi connectivity index (χ3n) is 3.61. The number of hydrogen-bond acceptors (Lipinski definition) is 3. The Morgan fingerprint density at radius 2 is 2.22 bits per heavy atom. The van der Waals surface area contributed by atoms with Gasteiger partial charge < -0.3 is 4.90 Å². The molecule has 1 atom stereocenters. The van der Waals surface area contributed by atoms with E-state index in [1.807, 2.05) is 12.1 Å². The molecule has 1 aromatic rings. The number of nitrogens with zero attached hydrogens (tertiary/aromatic N) is 3. The number of anilines is 1. The van der Waals surface area contributed by atoms with Gasteiger partial charge in [-0.3, -0.25) is 4.90 Å². The van der Waals surface area contributed by atoms with Crippen LogP contribution in [0.4, 0.5) is 10.1 Å². The molecule has 4 heteroatoms. The lowest BCUT2D eigenvalue weighted by atomic mass is 10.1. The van der Waals surface area contributed by atoms with Crippen LogP contribution in [0.1, 0.15) is 19.4 Å². The van der Waals surface area contributed by atoms with Crippen LogP contribution in [-0.4, -0.2) is 37.1 Å². The van der Waals surface area contributed by atoms with Gasteiger partial charge in [-0.05, 0) is 31.7 Å². The van der Waals surface area contributed by atoms with Crippen LogP contribution in [0.2, 0.25) is 0 Å². The van der Waals surface area contributed by atoms with Crippen LogP contribution < -0.4 is 4.90 Å². The molecule has 1 aliphatic heterocycles. The third-order valence-corrected chi connectivity index (χ3v) is 3.61. The van der Waals surface area contributed by atoms with Crippen molar-refractivity contribution in [3.8, 4) is 6.07 Å². The van der Waals surface area contributed by atoms with Crippen molar-refractivity contribution in [2.75, 3.05) is 31.1 Å². The van der Waals surface area contributed by atoms with Crippen LogP contribution in [-0.2, 0) is 0 Å². The first-order valence-corrected chi connectivity index (χ1v) is 6.34. The van der Waals surface area contributed by atoms with Crippen molar-refractivity contribution in [2.45, 2.75) is 19.9 Å². The number of hydrogen-bond donors (Lipinski definition) is 0. The highest BCUT2D eigenvalue weighted by Gasteiger charge is 2.22. The van der Waals surface area contributed by atoms with Gasteiger partial charge in [-0.1, -0.05) is 6.92 Å². The van der Waals surface area contributed by atoms with Crippen molar-refractivity contribution in [1.29, 1.82) is 5.26 Å². The molecule has 1 fully saturated rings. The molecule has 0 aliphatic carbocycles. The van der Waals surface area contributed by atoms with E-state index < -0.39 is 5.82 Å². The van der Waals surface area contributed by atoms with Gasteiger partial charge in [0.05, 0.1) is 5.56 Å². The van der Waals surface area contributed by atoms with Crippen molar-refractivity contribution in [2.24, 2.45) is 0 Å². The summed E-state index contributed by atoms with van der Waals surface area (Å²) in [7, 11) is 0. The fourth-order valence-corrected chi connectivity index (χ4v) is 2.49. The minimum Gasteiger partial charge on any atom is -0.369 e. The van der Waals surface area contributed by atoms with Crippen LogP contribution in [0.25, 0.3) is 0 Å². The number of piperazine rings is 1. The molecule has 1 unspecified atom stereocenters. The van der Waals surface area contributed by atoms with E-state index >= 15 is 0 Å². The normalized spacial score (nSPS) is 20.8. The maximum absolute atomic E-state index is 13.6. The molecular formula is C14H18FN3. The summed E-state index contributed by atoms with van der Waals surface area (Å²) < 4.78 is 13.6. The highest BCUT2D eigenvalue weighted by molar-refractivity contribution is 5.51. The second-order valence-electron chi connectivity index (χ2n) is 4.70. The van der Waals surface area contributed by atoms with Gasteiger partial charge in [0.25, 0.3) is 0 Å². The molecule has 1 heterocycles. The Balaban J connectivity index is 2.14. The van der Waals surface area contributed by atoms with Gasteiger partial charge >= 0.3 is 0 Å². The van der Waals surface area contributed by atoms with Crippen LogP contribution >= 0.6 is 0 Å². The highest BCUT2D eigenvalue weighted by atomic mass is 19.1. The maximum atomic E-state index is 13.6. The van der Waals surface area contributed by atoms with Gasteiger partial charge in [0.1, 0.15) is 11.9 Å². The van der Waals surface area contributed by atoms with Gasteiger partial charge in [0.15, 0.2) is 0 Å². The van der Waals surface area contributed by atoms with E-state index in [-0.39, 0.29) is 5.56 Å². The minimum absolute atomic E-state index is 0.110. The monoisotopic (exact) mass is 247 g/mol. The molecule has 0 amide bonds. The molecule has 96 valence electrons. The summed E-state index contributed by atoms with van der Waals surface area (Å²) in [5.74, 6) is -0.430. The lowest BCUT2D eigenvalue weighted by Crippen LogP contribution is -2.51. The molecule has 1 aliphatic rings. The number of rotatable bonds is 2. The molecule has 3 nitrogen and oxygen atoms in total. The van der Waals surface area contributed by atoms with Crippen LogP contribution in [0, 0.1) is 17.1 Å².